The Hall–Kier alpha value is -1.51. The summed E-state index contributed by atoms with van der Waals surface area (Å²) in [6.07, 6.45) is 3.81. The van der Waals surface area contributed by atoms with Crippen molar-refractivity contribution >= 4 is 11.6 Å². The number of hydrogen-bond donors (Lipinski definition) is 2. The van der Waals surface area contributed by atoms with E-state index in [9.17, 15) is 4.79 Å². The standard InChI is InChI=1S/C15H22N2O/c1-10-5-3-6-12(10)9-17-15(18)13-7-4-8-14(16)11(13)2/h4,7-8,10,12H,3,5-6,9,16H2,1-2H3,(H,17,18). The SMILES string of the molecule is Cc1c(N)cccc1C(=O)NCC1CCCC1C. The van der Waals surface area contributed by atoms with Crippen LogP contribution in [-0.4, -0.2) is 12.5 Å². The number of rotatable bonds is 3. The van der Waals surface area contributed by atoms with Crippen LogP contribution in [-0.2, 0) is 0 Å². The van der Waals surface area contributed by atoms with Gasteiger partial charge in [0.25, 0.3) is 5.91 Å². The fraction of sp³-hybridized carbons (Fsp3) is 0.533. The van der Waals surface area contributed by atoms with Gasteiger partial charge in [0.05, 0.1) is 0 Å². The first-order valence-electron chi connectivity index (χ1n) is 6.73. The zero-order valence-electron chi connectivity index (χ0n) is 11.2. The van der Waals surface area contributed by atoms with Gasteiger partial charge in [-0.05, 0) is 42.9 Å². The second-order valence-electron chi connectivity index (χ2n) is 5.40. The Labute approximate surface area is 109 Å². The predicted octanol–water partition coefficient (Wildman–Crippen LogP) is 2.74. The van der Waals surface area contributed by atoms with Crippen molar-refractivity contribution in [2.75, 3.05) is 12.3 Å². The Balaban J connectivity index is 1.97. The van der Waals surface area contributed by atoms with Gasteiger partial charge in [0.1, 0.15) is 0 Å². The summed E-state index contributed by atoms with van der Waals surface area (Å²) in [5.41, 5.74) is 8.06. The Morgan fingerprint density at radius 2 is 2.22 bits per heavy atom. The molecule has 0 saturated heterocycles. The van der Waals surface area contributed by atoms with Gasteiger partial charge in [-0.2, -0.15) is 0 Å². The molecule has 0 aromatic heterocycles. The lowest BCUT2D eigenvalue weighted by Crippen LogP contribution is -2.30. The molecule has 0 spiro atoms. The second-order valence-corrected chi connectivity index (χ2v) is 5.40. The third-order valence-electron chi connectivity index (χ3n) is 4.18. The largest absolute Gasteiger partial charge is 0.398 e. The minimum absolute atomic E-state index is 0.00102. The molecule has 2 unspecified atom stereocenters. The summed E-state index contributed by atoms with van der Waals surface area (Å²) in [5.74, 6) is 1.36. The summed E-state index contributed by atoms with van der Waals surface area (Å²) in [6.45, 7) is 4.95. The molecule has 1 aliphatic rings. The topological polar surface area (TPSA) is 55.1 Å². The van der Waals surface area contributed by atoms with Crippen molar-refractivity contribution in [2.45, 2.75) is 33.1 Å². The van der Waals surface area contributed by atoms with E-state index < -0.39 is 0 Å². The maximum atomic E-state index is 12.1. The van der Waals surface area contributed by atoms with Crippen LogP contribution in [0, 0.1) is 18.8 Å². The number of benzene rings is 1. The zero-order chi connectivity index (χ0) is 13.1. The molecule has 0 radical (unpaired) electrons. The van der Waals surface area contributed by atoms with Crippen molar-refractivity contribution in [1.29, 1.82) is 0 Å². The number of carbonyl (C=O) groups excluding carboxylic acids is 1. The molecule has 3 heteroatoms. The predicted molar refractivity (Wildman–Crippen MR) is 74.4 cm³/mol. The number of amides is 1. The van der Waals surface area contributed by atoms with Crippen molar-refractivity contribution in [1.82, 2.24) is 5.32 Å². The zero-order valence-corrected chi connectivity index (χ0v) is 11.2. The maximum absolute atomic E-state index is 12.1. The lowest BCUT2D eigenvalue weighted by molar-refractivity contribution is 0.0944. The molecule has 0 heterocycles. The summed E-state index contributed by atoms with van der Waals surface area (Å²) < 4.78 is 0. The van der Waals surface area contributed by atoms with Crippen LogP contribution in [0.1, 0.15) is 42.1 Å². The van der Waals surface area contributed by atoms with Gasteiger partial charge in [0.2, 0.25) is 0 Å². The van der Waals surface area contributed by atoms with Crippen molar-refractivity contribution in [3.63, 3.8) is 0 Å². The van der Waals surface area contributed by atoms with Gasteiger partial charge in [0.15, 0.2) is 0 Å². The monoisotopic (exact) mass is 246 g/mol. The number of nitrogen functional groups attached to an aromatic ring is 1. The highest BCUT2D eigenvalue weighted by Crippen LogP contribution is 2.30. The molecule has 3 nitrogen and oxygen atoms in total. The number of carbonyl (C=O) groups is 1. The van der Waals surface area contributed by atoms with Crippen molar-refractivity contribution in [2.24, 2.45) is 11.8 Å². The molecule has 1 aromatic carbocycles. The van der Waals surface area contributed by atoms with Crippen LogP contribution >= 0.6 is 0 Å². The smallest absolute Gasteiger partial charge is 0.251 e. The highest BCUT2D eigenvalue weighted by Gasteiger charge is 2.23. The second kappa shape index (κ2) is 5.42. The molecule has 98 valence electrons. The van der Waals surface area contributed by atoms with E-state index in [2.05, 4.69) is 12.2 Å². The van der Waals surface area contributed by atoms with E-state index in [1.54, 1.807) is 0 Å². The van der Waals surface area contributed by atoms with E-state index >= 15 is 0 Å². The molecule has 1 aromatic rings. The Morgan fingerprint density at radius 1 is 1.44 bits per heavy atom. The molecule has 1 saturated carbocycles. The van der Waals surface area contributed by atoms with E-state index in [1.165, 1.54) is 19.3 Å². The summed E-state index contributed by atoms with van der Waals surface area (Å²) in [6, 6.07) is 5.49. The normalized spacial score (nSPS) is 23.0. The molecule has 0 bridgehead atoms. The van der Waals surface area contributed by atoms with Crippen LogP contribution in [0.5, 0.6) is 0 Å². The van der Waals surface area contributed by atoms with Crippen molar-refractivity contribution < 1.29 is 4.79 Å². The number of nitrogens with one attached hydrogen (secondary N) is 1. The van der Waals surface area contributed by atoms with E-state index in [0.717, 1.165) is 18.0 Å². The molecule has 0 aliphatic heterocycles. The third kappa shape index (κ3) is 2.66. The average Bonchev–Trinajstić information content (AvgIpc) is 2.75. The number of hydrogen-bond acceptors (Lipinski definition) is 2. The molecule has 1 fully saturated rings. The van der Waals surface area contributed by atoms with Gasteiger partial charge in [-0.1, -0.05) is 25.8 Å². The average molecular weight is 246 g/mol. The van der Waals surface area contributed by atoms with Gasteiger partial charge in [-0.25, -0.2) is 0 Å². The van der Waals surface area contributed by atoms with Gasteiger partial charge < -0.3 is 11.1 Å². The molecule has 1 aliphatic carbocycles. The van der Waals surface area contributed by atoms with Gasteiger partial charge in [-0.3, -0.25) is 4.79 Å². The molecule has 3 N–H and O–H groups in total. The first-order chi connectivity index (χ1) is 8.59. The molecule has 18 heavy (non-hydrogen) atoms. The van der Waals surface area contributed by atoms with Crippen LogP contribution in [0.2, 0.25) is 0 Å². The minimum Gasteiger partial charge on any atom is -0.398 e. The summed E-state index contributed by atoms with van der Waals surface area (Å²) in [5, 5.41) is 3.04. The van der Waals surface area contributed by atoms with Crippen LogP contribution in [0.4, 0.5) is 5.69 Å². The molecule has 2 atom stereocenters. The van der Waals surface area contributed by atoms with Crippen LogP contribution in [0.3, 0.4) is 0 Å². The first-order valence-corrected chi connectivity index (χ1v) is 6.73. The third-order valence-corrected chi connectivity index (χ3v) is 4.18. The van der Waals surface area contributed by atoms with Crippen LogP contribution < -0.4 is 11.1 Å². The maximum Gasteiger partial charge on any atom is 0.251 e. The summed E-state index contributed by atoms with van der Waals surface area (Å²) >= 11 is 0. The highest BCUT2D eigenvalue weighted by molar-refractivity contribution is 5.96. The first kappa shape index (κ1) is 12.9. The van der Waals surface area contributed by atoms with Crippen LogP contribution in [0.15, 0.2) is 18.2 Å². The molecule has 2 rings (SSSR count). The van der Waals surface area contributed by atoms with Crippen LogP contribution in [0.25, 0.3) is 0 Å². The van der Waals surface area contributed by atoms with E-state index in [4.69, 9.17) is 5.73 Å². The lowest BCUT2D eigenvalue weighted by atomic mass is 9.98. The van der Waals surface area contributed by atoms with Gasteiger partial charge >= 0.3 is 0 Å². The molecular formula is C15H22N2O. The Kier molecular flexibility index (Phi) is 3.90. The molecular weight excluding hydrogens is 224 g/mol. The quantitative estimate of drug-likeness (QED) is 0.806. The van der Waals surface area contributed by atoms with Gasteiger partial charge in [0, 0.05) is 17.8 Å². The van der Waals surface area contributed by atoms with Crippen molar-refractivity contribution in [3.8, 4) is 0 Å². The summed E-state index contributed by atoms with van der Waals surface area (Å²) in [7, 11) is 0. The lowest BCUT2D eigenvalue weighted by Gasteiger charge is -2.16. The van der Waals surface area contributed by atoms with Gasteiger partial charge in [-0.15, -0.1) is 0 Å². The Morgan fingerprint density at radius 3 is 2.89 bits per heavy atom. The van der Waals surface area contributed by atoms with E-state index in [-0.39, 0.29) is 5.91 Å². The highest BCUT2D eigenvalue weighted by atomic mass is 16.1. The fourth-order valence-electron chi connectivity index (χ4n) is 2.74. The van der Waals surface area contributed by atoms with Crippen molar-refractivity contribution in [3.05, 3.63) is 29.3 Å². The molecule has 1 amide bonds. The summed E-state index contributed by atoms with van der Waals surface area (Å²) in [4.78, 5) is 12.1. The minimum atomic E-state index is -0.00102. The number of anilines is 1. The fourth-order valence-corrected chi connectivity index (χ4v) is 2.74. The number of nitrogens with two attached hydrogens (primary N) is 1. The van der Waals surface area contributed by atoms with E-state index in [1.807, 2.05) is 25.1 Å². The Bertz CT molecular complexity index is 442. The van der Waals surface area contributed by atoms with E-state index in [0.29, 0.717) is 17.2 Å².